The maximum absolute atomic E-state index is 5.85. The summed E-state index contributed by atoms with van der Waals surface area (Å²) in [6.07, 6.45) is 4.00. The van der Waals surface area contributed by atoms with Gasteiger partial charge >= 0.3 is 0 Å². The summed E-state index contributed by atoms with van der Waals surface area (Å²) in [4.78, 5) is 0. The summed E-state index contributed by atoms with van der Waals surface area (Å²) >= 11 is 0. The molecule has 0 amide bonds. The zero-order valence-corrected chi connectivity index (χ0v) is 9.52. The summed E-state index contributed by atoms with van der Waals surface area (Å²) in [6.45, 7) is 8.84. The van der Waals surface area contributed by atoms with Gasteiger partial charge in [0, 0.05) is 12.6 Å². The van der Waals surface area contributed by atoms with Crippen LogP contribution < -0.4 is 5.32 Å². The van der Waals surface area contributed by atoms with Crippen molar-refractivity contribution >= 4 is 8.32 Å². The average molecular weight is 187 g/mol. The van der Waals surface area contributed by atoms with Crippen molar-refractivity contribution in [2.45, 2.75) is 44.9 Å². The van der Waals surface area contributed by atoms with Gasteiger partial charge in [0.25, 0.3) is 0 Å². The summed E-state index contributed by atoms with van der Waals surface area (Å²) in [5.41, 5.74) is 0. The standard InChI is InChI=1S/C9H21NOSi/c1-12(2,3)11-8-9-6-4-5-7-10-9/h9-10H,4-8H2,1-3H3. The average Bonchev–Trinajstić information content (AvgIpc) is 2.02. The molecule has 1 heterocycles. The zero-order valence-electron chi connectivity index (χ0n) is 8.52. The van der Waals surface area contributed by atoms with Gasteiger partial charge in [0.1, 0.15) is 0 Å². The van der Waals surface area contributed by atoms with E-state index in [-0.39, 0.29) is 0 Å². The van der Waals surface area contributed by atoms with Crippen molar-refractivity contribution in [3.8, 4) is 0 Å². The normalized spacial score (nSPS) is 25.8. The van der Waals surface area contributed by atoms with Crippen LogP contribution in [-0.2, 0) is 4.43 Å². The van der Waals surface area contributed by atoms with Gasteiger partial charge in [-0.1, -0.05) is 6.42 Å². The van der Waals surface area contributed by atoms with Gasteiger partial charge in [-0.2, -0.15) is 0 Å². The Morgan fingerprint density at radius 1 is 1.33 bits per heavy atom. The molecule has 0 saturated carbocycles. The molecular weight excluding hydrogens is 166 g/mol. The summed E-state index contributed by atoms with van der Waals surface area (Å²) < 4.78 is 5.85. The molecule has 1 aliphatic heterocycles. The molecule has 1 atom stereocenters. The van der Waals surface area contributed by atoms with E-state index >= 15 is 0 Å². The Hall–Kier alpha value is 0.137. The van der Waals surface area contributed by atoms with E-state index in [4.69, 9.17) is 4.43 Å². The van der Waals surface area contributed by atoms with Crippen LogP contribution in [0.4, 0.5) is 0 Å². The maximum atomic E-state index is 5.85. The van der Waals surface area contributed by atoms with E-state index in [0.29, 0.717) is 6.04 Å². The Balaban J connectivity index is 2.13. The molecule has 12 heavy (non-hydrogen) atoms. The molecule has 1 rings (SSSR count). The number of piperidine rings is 1. The monoisotopic (exact) mass is 187 g/mol. The summed E-state index contributed by atoms with van der Waals surface area (Å²) in [5.74, 6) is 0. The fourth-order valence-electron chi connectivity index (χ4n) is 1.42. The number of hydrogen-bond acceptors (Lipinski definition) is 2. The van der Waals surface area contributed by atoms with Gasteiger partial charge < -0.3 is 9.74 Å². The Morgan fingerprint density at radius 2 is 2.08 bits per heavy atom. The molecule has 0 aromatic heterocycles. The molecule has 0 spiro atoms. The van der Waals surface area contributed by atoms with Crippen LogP contribution in [-0.4, -0.2) is 27.5 Å². The van der Waals surface area contributed by atoms with E-state index in [2.05, 4.69) is 25.0 Å². The number of rotatable bonds is 3. The molecule has 1 unspecified atom stereocenters. The van der Waals surface area contributed by atoms with Gasteiger partial charge in [0.05, 0.1) is 0 Å². The van der Waals surface area contributed by atoms with Crippen molar-refractivity contribution in [3.05, 3.63) is 0 Å². The Bertz CT molecular complexity index is 127. The van der Waals surface area contributed by atoms with Crippen LogP contribution >= 0.6 is 0 Å². The van der Waals surface area contributed by atoms with E-state index in [9.17, 15) is 0 Å². The van der Waals surface area contributed by atoms with E-state index in [1.807, 2.05) is 0 Å². The van der Waals surface area contributed by atoms with Crippen LogP contribution in [0.1, 0.15) is 19.3 Å². The molecule has 0 aromatic carbocycles. The molecule has 3 heteroatoms. The highest BCUT2D eigenvalue weighted by Gasteiger charge is 2.18. The van der Waals surface area contributed by atoms with Crippen molar-refractivity contribution in [2.75, 3.05) is 13.2 Å². The molecule has 0 radical (unpaired) electrons. The third kappa shape index (κ3) is 4.23. The first-order chi connectivity index (χ1) is 5.58. The summed E-state index contributed by atoms with van der Waals surface area (Å²) in [6, 6.07) is 0.630. The molecule has 2 nitrogen and oxygen atoms in total. The fourth-order valence-corrected chi connectivity index (χ4v) is 2.12. The lowest BCUT2D eigenvalue weighted by Crippen LogP contribution is -2.41. The van der Waals surface area contributed by atoms with Gasteiger partial charge in [0.2, 0.25) is 0 Å². The Kier molecular flexibility index (Phi) is 3.74. The second kappa shape index (κ2) is 4.39. The van der Waals surface area contributed by atoms with Crippen LogP contribution in [0.15, 0.2) is 0 Å². The lowest BCUT2D eigenvalue weighted by Gasteiger charge is -2.27. The minimum atomic E-state index is -1.28. The van der Waals surface area contributed by atoms with Crippen LogP contribution in [0, 0.1) is 0 Å². The van der Waals surface area contributed by atoms with Gasteiger partial charge in [-0.05, 0) is 39.0 Å². The number of hydrogen-bond donors (Lipinski definition) is 1. The smallest absolute Gasteiger partial charge is 0.183 e. The highest BCUT2D eigenvalue weighted by atomic mass is 28.4. The first-order valence-corrected chi connectivity index (χ1v) is 8.36. The van der Waals surface area contributed by atoms with Crippen LogP contribution in [0.2, 0.25) is 19.6 Å². The Morgan fingerprint density at radius 3 is 2.58 bits per heavy atom. The van der Waals surface area contributed by atoms with Crippen molar-refractivity contribution in [1.29, 1.82) is 0 Å². The largest absolute Gasteiger partial charge is 0.416 e. The molecule has 1 fully saturated rings. The highest BCUT2D eigenvalue weighted by molar-refractivity contribution is 6.69. The Labute approximate surface area is 76.8 Å². The minimum Gasteiger partial charge on any atom is -0.416 e. The quantitative estimate of drug-likeness (QED) is 0.682. The lowest BCUT2D eigenvalue weighted by atomic mass is 10.1. The topological polar surface area (TPSA) is 21.3 Å². The molecule has 0 aliphatic carbocycles. The third-order valence-corrected chi connectivity index (χ3v) is 3.16. The van der Waals surface area contributed by atoms with Crippen molar-refractivity contribution in [1.82, 2.24) is 5.32 Å². The van der Waals surface area contributed by atoms with Crippen LogP contribution in [0.5, 0.6) is 0 Å². The molecule has 1 N–H and O–H groups in total. The lowest BCUT2D eigenvalue weighted by molar-refractivity contribution is 0.233. The van der Waals surface area contributed by atoms with E-state index in [0.717, 1.165) is 6.61 Å². The molecule has 0 bridgehead atoms. The van der Waals surface area contributed by atoms with Crippen molar-refractivity contribution in [2.24, 2.45) is 0 Å². The number of nitrogens with one attached hydrogen (secondary N) is 1. The minimum absolute atomic E-state index is 0.630. The predicted octanol–water partition coefficient (Wildman–Crippen LogP) is 1.98. The first-order valence-electron chi connectivity index (χ1n) is 4.95. The second-order valence-corrected chi connectivity index (χ2v) is 9.08. The van der Waals surface area contributed by atoms with Gasteiger partial charge in [-0.25, -0.2) is 0 Å². The van der Waals surface area contributed by atoms with E-state index in [1.165, 1.54) is 25.8 Å². The first kappa shape index (κ1) is 10.2. The summed E-state index contributed by atoms with van der Waals surface area (Å²) in [7, 11) is -1.28. The van der Waals surface area contributed by atoms with Crippen LogP contribution in [0.3, 0.4) is 0 Å². The van der Waals surface area contributed by atoms with E-state index < -0.39 is 8.32 Å². The fraction of sp³-hybridized carbons (Fsp3) is 1.00. The maximum Gasteiger partial charge on any atom is 0.183 e. The highest BCUT2D eigenvalue weighted by Crippen LogP contribution is 2.10. The van der Waals surface area contributed by atoms with Gasteiger partial charge in [0.15, 0.2) is 8.32 Å². The molecule has 1 saturated heterocycles. The molecule has 72 valence electrons. The zero-order chi connectivity index (χ0) is 9.03. The third-order valence-electron chi connectivity index (χ3n) is 2.13. The van der Waals surface area contributed by atoms with Gasteiger partial charge in [-0.3, -0.25) is 0 Å². The summed E-state index contributed by atoms with van der Waals surface area (Å²) in [5, 5.41) is 3.49. The van der Waals surface area contributed by atoms with Crippen molar-refractivity contribution in [3.63, 3.8) is 0 Å². The van der Waals surface area contributed by atoms with Crippen LogP contribution in [0.25, 0.3) is 0 Å². The molecule has 0 aromatic rings. The molecular formula is C9H21NOSi. The van der Waals surface area contributed by atoms with Gasteiger partial charge in [-0.15, -0.1) is 0 Å². The SMILES string of the molecule is C[Si](C)(C)OCC1CCCCN1. The second-order valence-electron chi connectivity index (χ2n) is 4.57. The van der Waals surface area contributed by atoms with E-state index in [1.54, 1.807) is 0 Å². The van der Waals surface area contributed by atoms with Crippen molar-refractivity contribution < 1.29 is 4.43 Å². The molecule has 1 aliphatic rings. The predicted molar refractivity (Wildman–Crippen MR) is 54.9 cm³/mol.